The number of sulfone groups is 1. The van der Waals surface area contributed by atoms with Gasteiger partial charge in [-0.2, -0.15) is 0 Å². The van der Waals surface area contributed by atoms with Crippen LogP contribution in [-0.2, 0) is 9.84 Å². The molecule has 0 aromatic heterocycles. The molecule has 1 aromatic carbocycles. The van der Waals surface area contributed by atoms with Crippen molar-refractivity contribution >= 4 is 15.5 Å². The van der Waals surface area contributed by atoms with E-state index in [9.17, 15) is 8.42 Å². The van der Waals surface area contributed by atoms with Crippen LogP contribution in [-0.4, -0.2) is 20.7 Å². The van der Waals surface area contributed by atoms with Gasteiger partial charge in [-0.15, -0.1) is 0 Å². The number of rotatable bonds is 0. The standard InChI is InChI=1S/C14H19NO2S/c1-11-5-4-6-12-13(11)15-9-14(7-2-3-8-14)10-18(12,16)17/h4-6,15H,2-3,7-10H2,1H3. The fraction of sp³-hybridized carbons (Fsp3) is 0.571. The number of nitrogens with one attached hydrogen (secondary N) is 1. The summed E-state index contributed by atoms with van der Waals surface area (Å²) in [5.41, 5.74) is 1.80. The second-order valence-electron chi connectivity index (χ2n) is 5.77. The molecule has 0 atom stereocenters. The van der Waals surface area contributed by atoms with Gasteiger partial charge in [-0.1, -0.05) is 25.0 Å². The predicted molar refractivity (Wildman–Crippen MR) is 72.6 cm³/mol. The van der Waals surface area contributed by atoms with E-state index in [0.29, 0.717) is 10.6 Å². The molecule has 0 unspecified atom stereocenters. The topological polar surface area (TPSA) is 46.2 Å². The van der Waals surface area contributed by atoms with Crippen LogP contribution in [0, 0.1) is 12.3 Å². The Labute approximate surface area is 109 Å². The van der Waals surface area contributed by atoms with Crippen molar-refractivity contribution in [2.45, 2.75) is 37.5 Å². The monoisotopic (exact) mass is 265 g/mol. The molecule has 2 aliphatic rings. The zero-order chi connectivity index (χ0) is 12.8. The minimum absolute atomic E-state index is 0.0374. The van der Waals surface area contributed by atoms with E-state index in [1.165, 1.54) is 0 Å². The van der Waals surface area contributed by atoms with Crippen molar-refractivity contribution in [3.8, 4) is 0 Å². The Morgan fingerprint density at radius 3 is 2.67 bits per heavy atom. The van der Waals surface area contributed by atoms with Crippen LogP contribution < -0.4 is 5.32 Å². The van der Waals surface area contributed by atoms with E-state index in [2.05, 4.69) is 5.32 Å². The van der Waals surface area contributed by atoms with Gasteiger partial charge >= 0.3 is 0 Å². The lowest BCUT2D eigenvalue weighted by atomic mass is 9.88. The van der Waals surface area contributed by atoms with Crippen molar-refractivity contribution in [2.75, 3.05) is 17.6 Å². The van der Waals surface area contributed by atoms with Gasteiger partial charge in [0.25, 0.3) is 0 Å². The van der Waals surface area contributed by atoms with Crippen LogP contribution in [0.1, 0.15) is 31.2 Å². The van der Waals surface area contributed by atoms with Gasteiger partial charge in [0.05, 0.1) is 16.3 Å². The molecule has 1 spiro atoms. The molecule has 1 aromatic rings. The van der Waals surface area contributed by atoms with Crippen LogP contribution in [0.2, 0.25) is 0 Å². The van der Waals surface area contributed by atoms with Crippen LogP contribution in [0.15, 0.2) is 23.1 Å². The zero-order valence-electron chi connectivity index (χ0n) is 10.7. The largest absolute Gasteiger partial charge is 0.383 e. The van der Waals surface area contributed by atoms with Gasteiger partial charge in [0.1, 0.15) is 0 Å². The summed E-state index contributed by atoms with van der Waals surface area (Å²) in [5.74, 6) is 0.309. The molecule has 3 rings (SSSR count). The van der Waals surface area contributed by atoms with Crippen molar-refractivity contribution in [3.63, 3.8) is 0 Å². The van der Waals surface area contributed by atoms with E-state index in [1.807, 2.05) is 19.1 Å². The van der Waals surface area contributed by atoms with E-state index in [0.717, 1.165) is 43.5 Å². The maximum Gasteiger partial charge on any atom is 0.181 e. The molecule has 1 N–H and O–H groups in total. The van der Waals surface area contributed by atoms with E-state index < -0.39 is 9.84 Å². The summed E-state index contributed by atoms with van der Waals surface area (Å²) in [6, 6.07) is 5.53. The first kappa shape index (κ1) is 12.0. The molecule has 1 saturated carbocycles. The Morgan fingerprint density at radius 1 is 1.22 bits per heavy atom. The van der Waals surface area contributed by atoms with Gasteiger partial charge in [0, 0.05) is 12.0 Å². The van der Waals surface area contributed by atoms with Gasteiger partial charge in [-0.25, -0.2) is 8.42 Å². The van der Waals surface area contributed by atoms with Gasteiger partial charge in [0.2, 0.25) is 0 Å². The predicted octanol–water partition coefficient (Wildman–Crippen LogP) is 2.75. The molecule has 1 aliphatic carbocycles. The third-order valence-corrected chi connectivity index (χ3v) is 6.37. The number of aryl methyl sites for hydroxylation is 1. The highest BCUT2D eigenvalue weighted by Gasteiger charge is 2.41. The third kappa shape index (κ3) is 1.83. The summed E-state index contributed by atoms with van der Waals surface area (Å²) in [5, 5.41) is 3.40. The number of hydrogen-bond acceptors (Lipinski definition) is 3. The maximum absolute atomic E-state index is 12.6. The molecule has 1 heterocycles. The molecule has 98 valence electrons. The van der Waals surface area contributed by atoms with E-state index >= 15 is 0 Å². The normalized spacial score (nSPS) is 24.3. The van der Waals surface area contributed by atoms with Gasteiger partial charge in [-0.3, -0.25) is 0 Å². The fourth-order valence-corrected chi connectivity index (χ4v) is 5.56. The first-order chi connectivity index (χ1) is 8.53. The highest BCUT2D eigenvalue weighted by Crippen LogP contribution is 2.44. The van der Waals surface area contributed by atoms with Crippen LogP contribution in [0.25, 0.3) is 0 Å². The van der Waals surface area contributed by atoms with Crippen LogP contribution in [0.3, 0.4) is 0 Å². The maximum atomic E-state index is 12.6. The molecule has 0 saturated heterocycles. The summed E-state index contributed by atoms with van der Waals surface area (Å²) in [7, 11) is -3.16. The summed E-state index contributed by atoms with van der Waals surface area (Å²) in [6.07, 6.45) is 4.39. The molecule has 1 aliphatic heterocycles. The molecule has 4 heteroatoms. The molecule has 0 bridgehead atoms. The molecule has 1 fully saturated rings. The van der Waals surface area contributed by atoms with E-state index in [-0.39, 0.29) is 5.41 Å². The van der Waals surface area contributed by atoms with Gasteiger partial charge in [0.15, 0.2) is 9.84 Å². The van der Waals surface area contributed by atoms with E-state index in [1.54, 1.807) is 6.07 Å². The highest BCUT2D eigenvalue weighted by molar-refractivity contribution is 7.91. The minimum atomic E-state index is -3.16. The third-order valence-electron chi connectivity index (χ3n) is 4.37. The second-order valence-corrected chi connectivity index (χ2v) is 7.73. The second kappa shape index (κ2) is 3.98. The SMILES string of the molecule is Cc1cccc2c1NCC1(CCCC1)CS2(=O)=O. The molecule has 3 nitrogen and oxygen atoms in total. The Bertz CT molecular complexity index is 571. The number of para-hydroxylation sites is 1. The number of benzene rings is 1. The summed E-state index contributed by atoms with van der Waals surface area (Å²) < 4.78 is 25.1. The average molecular weight is 265 g/mol. The van der Waals surface area contributed by atoms with Crippen molar-refractivity contribution in [3.05, 3.63) is 23.8 Å². The number of fused-ring (bicyclic) bond motifs is 1. The number of anilines is 1. The van der Waals surface area contributed by atoms with Crippen LogP contribution in [0.5, 0.6) is 0 Å². The minimum Gasteiger partial charge on any atom is -0.383 e. The fourth-order valence-electron chi connectivity index (χ4n) is 3.38. The first-order valence-electron chi connectivity index (χ1n) is 6.59. The van der Waals surface area contributed by atoms with Gasteiger partial charge < -0.3 is 5.32 Å². The highest BCUT2D eigenvalue weighted by atomic mass is 32.2. The molecular weight excluding hydrogens is 246 g/mol. The quantitative estimate of drug-likeness (QED) is 0.784. The Morgan fingerprint density at radius 2 is 1.94 bits per heavy atom. The molecule has 18 heavy (non-hydrogen) atoms. The molecule has 0 amide bonds. The zero-order valence-corrected chi connectivity index (χ0v) is 11.5. The van der Waals surface area contributed by atoms with Crippen molar-refractivity contribution in [2.24, 2.45) is 5.41 Å². The summed E-state index contributed by atoms with van der Waals surface area (Å²) in [6.45, 7) is 2.76. The van der Waals surface area contributed by atoms with Crippen molar-refractivity contribution in [1.29, 1.82) is 0 Å². The van der Waals surface area contributed by atoms with E-state index in [4.69, 9.17) is 0 Å². The summed E-state index contributed by atoms with van der Waals surface area (Å²) in [4.78, 5) is 0.492. The average Bonchev–Trinajstić information content (AvgIpc) is 2.70. The molecule has 0 radical (unpaired) electrons. The lowest BCUT2D eigenvalue weighted by molar-refractivity contribution is 0.365. The van der Waals surface area contributed by atoms with Gasteiger partial charge in [-0.05, 0) is 31.4 Å². The lowest BCUT2D eigenvalue weighted by Crippen LogP contribution is -2.31. The first-order valence-corrected chi connectivity index (χ1v) is 8.24. The van der Waals surface area contributed by atoms with Crippen LogP contribution in [0.4, 0.5) is 5.69 Å². The van der Waals surface area contributed by atoms with Crippen molar-refractivity contribution in [1.82, 2.24) is 0 Å². The lowest BCUT2D eigenvalue weighted by Gasteiger charge is -2.26. The van der Waals surface area contributed by atoms with Crippen molar-refractivity contribution < 1.29 is 8.42 Å². The smallest absolute Gasteiger partial charge is 0.181 e. The Hall–Kier alpha value is -1.03. The van der Waals surface area contributed by atoms with Crippen LogP contribution >= 0.6 is 0 Å². The number of hydrogen-bond donors (Lipinski definition) is 1. The molecular formula is C14H19NO2S. The summed E-state index contributed by atoms with van der Waals surface area (Å²) >= 11 is 0. The Kier molecular flexibility index (Phi) is 2.66. The Balaban J connectivity index is 2.11.